The Morgan fingerprint density at radius 2 is 1.96 bits per heavy atom. The maximum absolute atomic E-state index is 12.3. The van der Waals surface area contributed by atoms with Crippen molar-refractivity contribution < 1.29 is 22.7 Å². The van der Waals surface area contributed by atoms with Gasteiger partial charge in [-0.25, -0.2) is 15.0 Å². The van der Waals surface area contributed by atoms with Crippen LogP contribution in [-0.4, -0.2) is 39.4 Å². The van der Waals surface area contributed by atoms with E-state index in [0.29, 0.717) is 10.7 Å². The molecule has 0 aromatic carbocycles. The lowest BCUT2D eigenvalue weighted by Crippen LogP contribution is -2.26. The van der Waals surface area contributed by atoms with Gasteiger partial charge in [0.2, 0.25) is 11.8 Å². The number of nitrogens with one attached hydrogen (secondary N) is 1. The van der Waals surface area contributed by atoms with Gasteiger partial charge in [0.1, 0.15) is 0 Å². The summed E-state index contributed by atoms with van der Waals surface area (Å²) in [4.78, 5) is 24.2. The predicted molar refractivity (Wildman–Crippen MR) is 89.9 cm³/mol. The summed E-state index contributed by atoms with van der Waals surface area (Å²) >= 11 is 1.18. The van der Waals surface area contributed by atoms with Crippen LogP contribution in [0.1, 0.15) is 17.0 Å². The van der Waals surface area contributed by atoms with E-state index in [0.717, 1.165) is 11.4 Å². The molecule has 0 fully saturated rings. The average molecular weight is 386 g/mol. The molecule has 0 radical (unpaired) electrons. The zero-order chi connectivity index (χ0) is 19.2. The molecule has 0 aliphatic carbocycles. The maximum Gasteiger partial charge on any atom is 0.422 e. The first-order valence-electron chi connectivity index (χ1n) is 7.58. The van der Waals surface area contributed by atoms with E-state index in [1.165, 1.54) is 18.0 Å². The van der Waals surface area contributed by atoms with Crippen molar-refractivity contribution >= 4 is 17.7 Å². The third kappa shape index (κ3) is 6.87. The molecule has 1 amide bonds. The van der Waals surface area contributed by atoms with Crippen molar-refractivity contribution in [3.8, 4) is 5.88 Å². The number of rotatable bonds is 7. The highest BCUT2D eigenvalue weighted by Gasteiger charge is 2.29. The summed E-state index contributed by atoms with van der Waals surface area (Å²) in [6.45, 7) is 2.24. The molecule has 0 spiro atoms. The van der Waals surface area contributed by atoms with Crippen LogP contribution in [0.5, 0.6) is 5.88 Å². The molecule has 26 heavy (non-hydrogen) atoms. The largest absolute Gasteiger partial charge is 0.468 e. The fourth-order valence-electron chi connectivity index (χ4n) is 1.97. The fraction of sp³-hybridized carbons (Fsp3) is 0.375. The van der Waals surface area contributed by atoms with E-state index >= 15 is 0 Å². The van der Waals surface area contributed by atoms with Gasteiger partial charge in [-0.15, -0.1) is 0 Å². The number of nitrogens with zero attached hydrogens (tertiary/aromatic N) is 3. The molecule has 0 saturated heterocycles. The lowest BCUT2D eigenvalue weighted by atomic mass is 10.2. The standard InChI is InChI=1S/C16H17F3N4O2S/c1-10-6-11(2)23-15(22-10)26-8-13(24)21-7-12-4-3-5-20-14(12)25-9-16(17,18)19/h3-6H,7-9H2,1-2H3,(H,21,24). The molecule has 0 unspecified atom stereocenters. The Morgan fingerprint density at radius 1 is 1.27 bits per heavy atom. The van der Waals surface area contributed by atoms with Crippen LogP contribution in [0.3, 0.4) is 0 Å². The first kappa shape index (κ1) is 20.0. The van der Waals surface area contributed by atoms with Gasteiger partial charge in [-0.2, -0.15) is 13.2 Å². The molecule has 2 heterocycles. The van der Waals surface area contributed by atoms with Crippen LogP contribution >= 0.6 is 11.8 Å². The van der Waals surface area contributed by atoms with E-state index < -0.39 is 12.8 Å². The fourth-order valence-corrected chi connectivity index (χ4v) is 2.75. The molecule has 0 saturated carbocycles. The second-order valence-electron chi connectivity index (χ2n) is 5.37. The highest BCUT2D eigenvalue weighted by molar-refractivity contribution is 7.99. The lowest BCUT2D eigenvalue weighted by Gasteiger charge is -2.12. The topological polar surface area (TPSA) is 77.0 Å². The summed E-state index contributed by atoms with van der Waals surface area (Å²) in [6, 6.07) is 4.92. The van der Waals surface area contributed by atoms with Crippen molar-refractivity contribution in [2.75, 3.05) is 12.4 Å². The van der Waals surface area contributed by atoms with Crippen LogP contribution < -0.4 is 10.1 Å². The monoisotopic (exact) mass is 386 g/mol. The Labute approximate surface area is 152 Å². The molecule has 2 aromatic rings. The number of ether oxygens (including phenoxy) is 1. The molecular weight excluding hydrogens is 369 g/mol. The van der Waals surface area contributed by atoms with Gasteiger partial charge >= 0.3 is 6.18 Å². The third-order valence-corrected chi connectivity index (χ3v) is 3.84. The molecule has 140 valence electrons. The number of carbonyl (C=O) groups excluding carboxylic acids is 1. The zero-order valence-corrected chi connectivity index (χ0v) is 14.9. The molecule has 2 aromatic heterocycles. The van der Waals surface area contributed by atoms with Gasteiger partial charge in [-0.3, -0.25) is 4.79 Å². The van der Waals surface area contributed by atoms with Crippen LogP contribution in [-0.2, 0) is 11.3 Å². The van der Waals surface area contributed by atoms with Crippen LogP contribution in [0.4, 0.5) is 13.2 Å². The molecule has 0 aliphatic heterocycles. The summed E-state index contributed by atoms with van der Waals surface area (Å²) in [5.74, 6) is -0.374. The molecule has 6 nitrogen and oxygen atoms in total. The minimum Gasteiger partial charge on any atom is -0.468 e. The second-order valence-corrected chi connectivity index (χ2v) is 6.31. The lowest BCUT2D eigenvalue weighted by molar-refractivity contribution is -0.154. The Hall–Kier alpha value is -2.36. The summed E-state index contributed by atoms with van der Waals surface area (Å²) < 4.78 is 41.5. The Bertz CT molecular complexity index is 751. The number of halogens is 3. The van der Waals surface area contributed by atoms with Crippen molar-refractivity contribution in [3.63, 3.8) is 0 Å². The van der Waals surface area contributed by atoms with E-state index in [1.807, 2.05) is 19.9 Å². The first-order chi connectivity index (χ1) is 12.2. The molecule has 0 atom stereocenters. The summed E-state index contributed by atoms with van der Waals surface area (Å²) in [7, 11) is 0. The number of aryl methyl sites for hydroxylation is 2. The van der Waals surface area contributed by atoms with Gasteiger partial charge in [0.25, 0.3) is 0 Å². The van der Waals surface area contributed by atoms with Crippen LogP contribution in [0.25, 0.3) is 0 Å². The number of hydrogen-bond acceptors (Lipinski definition) is 6. The van der Waals surface area contributed by atoms with E-state index in [9.17, 15) is 18.0 Å². The van der Waals surface area contributed by atoms with Crippen molar-refractivity contribution in [1.82, 2.24) is 20.3 Å². The number of aromatic nitrogens is 3. The highest BCUT2D eigenvalue weighted by Crippen LogP contribution is 2.20. The minimum atomic E-state index is -4.46. The van der Waals surface area contributed by atoms with Crippen molar-refractivity contribution in [2.24, 2.45) is 0 Å². The summed E-state index contributed by atoms with van der Waals surface area (Å²) in [6.07, 6.45) is -3.13. The minimum absolute atomic E-state index is 0.00806. The van der Waals surface area contributed by atoms with Gasteiger partial charge < -0.3 is 10.1 Å². The maximum atomic E-state index is 12.3. The zero-order valence-electron chi connectivity index (χ0n) is 14.1. The first-order valence-corrected chi connectivity index (χ1v) is 8.57. The van der Waals surface area contributed by atoms with Gasteiger partial charge in [0, 0.05) is 29.7 Å². The normalized spacial score (nSPS) is 11.3. The number of alkyl halides is 3. The molecule has 2 rings (SSSR count). The van der Waals surface area contributed by atoms with Crippen LogP contribution in [0.2, 0.25) is 0 Å². The SMILES string of the molecule is Cc1cc(C)nc(SCC(=O)NCc2cccnc2OCC(F)(F)F)n1. The van der Waals surface area contributed by atoms with Gasteiger partial charge in [0.05, 0.1) is 5.75 Å². The van der Waals surface area contributed by atoms with Crippen molar-refractivity contribution in [2.45, 2.75) is 31.7 Å². The number of amides is 1. The highest BCUT2D eigenvalue weighted by atomic mass is 32.2. The van der Waals surface area contributed by atoms with E-state index in [-0.39, 0.29) is 24.1 Å². The quantitative estimate of drug-likeness (QED) is 0.583. The summed E-state index contributed by atoms with van der Waals surface area (Å²) in [5, 5.41) is 3.11. The van der Waals surface area contributed by atoms with Crippen LogP contribution in [0, 0.1) is 13.8 Å². The predicted octanol–water partition coefficient (Wildman–Crippen LogP) is 2.84. The number of pyridine rings is 1. The average Bonchev–Trinajstić information content (AvgIpc) is 2.55. The molecule has 0 bridgehead atoms. The van der Waals surface area contributed by atoms with E-state index in [4.69, 9.17) is 0 Å². The second kappa shape index (κ2) is 8.84. The Balaban J connectivity index is 1.87. The van der Waals surface area contributed by atoms with Crippen molar-refractivity contribution in [3.05, 3.63) is 41.3 Å². The summed E-state index contributed by atoms with van der Waals surface area (Å²) in [5.41, 5.74) is 1.97. The van der Waals surface area contributed by atoms with Crippen LogP contribution in [0.15, 0.2) is 29.6 Å². The van der Waals surface area contributed by atoms with E-state index in [2.05, 4.69) is 25.0 Å². The number of hydrogen-bond donors (Lipinski definition) is 1. The van der Waals surface area contributed by atoms with E-state index in [1.54, 1.807) is 12.1 Å². The van der Waals surface area contributed by atoms with Crippen molar-refractivity contribution in [1.29, 1.82) is 0 Å². The Kier molecular flexibility index (Phi) is 6.78. The molecule has 0 aliphatic rings. The number of thioether (sulfide) groups is 1. The van der Waals surface area contributed by atoms with Gasteiger partial charge in [-0.05, 0) is 26.0 Å². The third-order valence-electron chi connectivity index (χ3n) is 2.99. The molecule has 10 heteroatoms. The number of carbonyl (C=O) groups is 1. The molecular formula is C16H17F3N4O2S. The van der Waals surface area contributed by atoms with Gasteiger partial charge in [0.15, 0.2) is 11.8 Å². The smallest absolute Gasteiger partial charge is 0.422 e. The van der Waals surface area contributed by atoms with Gasteiger partial charge in [-0.1, -0.05) is 17.8 Å². The Morgan fingerprint density at radius 3 is 2.62 bits per heavy atom. The molecule has 1 N–H and O–H groups in total.